The van der Waals surface area contributed by atoms with Gasteiger partial charge in [0.25, 0.3) is 0 Å². The summed E-state index contributed by atoms with van der Waals surface area (Å²) in [6, 6.07) is 9.95. The molecule has 0 saturated heterocycles. The molecule has 2 unspecified atom stereocenters. The van der Waals surface area contributed by atoms with Crippen LogP contribution in [0, 0.1) is 0 Å². The Labute approximate surface area is 124 Å². The van der Waals surface area contributed by atoms with Crippen molar-refractivity contribution in [2.75, 3.05) is 7.11 Å². The number of hydrogen-bond acceptors (Lipinski definition) is 1. The molecule has 0 spiro atoms. The smallest absolute Gasteiger partial charge is 0.115 e. The normalized spacial score (nSPS) is 12.5. The van der Waals surface area contributed by atoms with E-state index in [1.54, 1.807) is 19.3 Å². The van der Waals surface area contributed by atoms with Gasteiger partial charge in [-0.2, -0.15) is 0 Å². The Morgan fingerprint density at radius 3 is 2.15 bits per heavy atom. The van der Waals surface area contributed by atoms with Crippen LogP contribution in [0.1, 0.15) is 45.8 Å². The molecule has 1 rings (SSSR count). The zero-order valence-electron chi connectivity index (χ0n) is 13.5. The minimum Gasteiger partial charge on any atom is -0.376 e. The number of hydrogen-bond donors (Lipinski definition) is 0. The molecule has 0 aliphatic rings. The van der Waals surface area contributed by atoms with Gasteiger partial charge in [-0.3, -0.25) is 0 Å². The standard InChI is InChI=1S/C13H17FO.C3H6.C2H6/c1-11(14)7-6-10-13(15-2)12-8-4-3-5-9-12;1-3-2;1-2/h3-9,11,13H,10H2,1-2H3;3H,1H2,2H3;1-2H3/b7-6+;;. The number of alkyl halides is 1. The summed E-state index contributed by atoms with van der Waals surface area (Å²) in [5, 5.41) is 0. The Morgan fingerprint density at radius 2 is 1.75 bits per heavy atom. The van der Waals surface area contributed by atoms with Crippen molar-refractivity contribution in [1.82, 2.24) is 0 Å². The van der Waals surface area contributed by atoms with E-state index in [2.05, 4.69) is 6.58 Å². The summed E-state index contributed by atoms with van der Waals surface area (Å²) in [5.74, 6) is 0. The molecule has 0 radical (unpaired) electrons. The lowest BCUT2D eigenvalue weighted by molar-refractivity contribution is 0.106. The van der Waals surface area contributed by atoms with Crippen molar-refractivity contribution >= 4 is 0 Å². The number of ether oxygens (including phenoxy) is 1. The number of rotatable bonds is 5. The fourth-order valence-electron chi connectivity index (χ4n) is 1.43. The van der Waals surface area contributed by atoms with Crippen LogP contribution in [-0.4, -0.2) is 13.3 Å². The zero-order chi connectivity index (χ0) is 15.8. The van der Waals surface area contributed by atoms with Gasteiger partial charge in [0.2, 0.25) is 0 Å². The van der Waals surface area contributed by atoms with Gasteiger partial charge in [0.1, 0.15) is 6.17 Å². The lowest BCUT2D eigenvalue weighted by atomic mass is 10.1. The van der Waals surface area contributed by atoms with Crippen molar-refractivity contribution in [3.63, 3.8) is 0 Å². The highest BCUT2D eigenvalue weighted by molar-refractivity contribution is 5.18. The first kappa shape index (κ1) is 20.9. The zero-order valence-corrected chi connectivity index (χ0v) is 13.5. The number of allylic oxidation sites excluding steroid dienone is 2. The first-order chi connectivity index (χ1) is 9.65. The highest BCUT2D eigenvalue weighted by Crippen LogP contribution is 2.20. The highest BCUT2D eigenvalue weighted by atomic mass is 19.1. The first-order valence-corrected chi connectivity index (χ1v) is 7.11. The summed E-state index contributed by atoms with van der Waals surface area (Å²) in [6.07, 6.45) is 4.95. The number of halogens is 1. The molecule has 2 atom stereocenters. The van der Waals surface area contributed by atoms with E-state index < -0.39 is 6.17 Å². The monoisotopic (exact) mass is 280 g/mol. The first-order valence-electron chi connectivity index (χ1n) is 7.11. The Hall–Kier alpha value is -1.41. The van der Waals surface area contributed by atoms with Crippen molar-refractivity contribution in [1.29, 1.82) is 0 Å². The summed E-state index contributed by atoms with van der Waals surface area (Å²) in [4.78, 5) is 0. The van der Waals surface area contributed by atoms with Crippen LogP contribution >= 0.6 is 0 Å². The second kappa shape index (κ2) is 15.6. The average Bonchev–Trinajstić information content (AvgIpc) is 2.47. The van der Waals surface area contributed by atoms with E-state index >= 15 is 0 Å². The van der Waals surface area contributed by atoms with Gasteiger partial charge in [-0.1, -0.05) is 62.4 Å². The van der Waals surface area contributed by atoms with Crippen LogP contribution in [0.2, 0.25) is 0 Å². The van der Waals surface area contributed by atoms with Crippen molar-refractivity contribution in [2.24, 2.45) is 0 Å². The minimum atomic E-state index is -0.890. The van der Waals surface area contributed by atoms with Crippen LogP contribution in [0.3, 0.4) is 0 Å². The molecule has 1 aromatic rings. The fraction of sp³-hybridized carbons (Fsp3) is 0.444. The van der Waals surface area contributed by atoms with E-state index in [4.69, 9.17) is 4.74 Å². The Kier molecular flexibility index (Phi) is 16.3. The molecule has 0 N–H and O–H groups in total. The van der Waals surface area contributed by atoms with Crippen molar-refractivity contribution in [3.8, 4) is 0 Å². The summed E-state index contributed by atoms with van der Waals surface area (Å²) in [6.45, 7) is 10.8. The van der Waals surface area contributed by atoms with Gasteiger partial charge in [-0.25, -0.2) is 4.39 Å². The van der Waals surface area contributed by atoms with Crippen molar-refractivity contribution in [2.45, 2.75) is 46.4 Å². The van der Waals surface area contributed by atoms with Crippen LogP contribution in [0.4, 0.5) is 4.39 Å². The molecular formula is C18H29FO. The summed E-state index contributed by atoms with van der Waals surface area (Å²) >= 11 is 0. The van der Waals surface area contributed by atoms with Crippen LogP contribution in [0.15, 0.2) is 55.1 Å². The van der Waals surface area contributed by atoms with Gasteiger partial charge in [-0.15, -0.1) is 6.58 Å². The number of benzene rings is 1. The van der Waals surface area contributed by atoms with E-state index in [0.29, 0.717) is 6.42 Å². The van der Waals surface area contributed by atoms with Gasteiger partial charge < -0.3 is 4.74 Å². The maximum Gasteiger partial charge on any atom is 0.115 e. The third-order valence-electron chi connectivity index (χ3n) is 2.21. The molecule has 1 nitrogen and oxygen atoms in total. The Balaban J connectivity index is 0. The van der Waals surface area contributed by atoms with E-state index in [1.807, 2.05) is 57.2 Å². The lowest BCUT2D eigenvalue weighted by Gasteiger charge is -2.13. The van der Waals surface area contributed by atoms with Crippen LogP contribution < -0.4 is 0 Å². The molecule has 0 amide bonds. The molecule has 2 heteroatoms. The SMILES string of the molecule is C=CC.CC.COC(C/C=C/C(C)F)c1ccccc1. The molecule has 114 valence electrons. The van der Waals surface area contributed by atoms with Gasteiger partial charge in [0.05, 0.1) is 6.10 Å². The van der Waals surface area contributed by atoms with Crippen LogP contribution in [-0.2, 0) is 4.74 Å². The van der Waals surface area contributed by atoms with E-state index in [-0.39, 0.29) is 6.10 Å². The summed E-state index contributed by atoms with van der Waals surface area (Å²) < 4.78 is 17.9. The molecule has 1 aromatic carbocycles. The molecule has 0 aliphatic heterocycles. The second-order valence-corrected chi connectivity index (χ2v) is 3.88. The Bertz CT molecular complexity index is 331. The van der Waals surface area contributed by atoms with E-state index in [1.165, 1.54) is 6.92 Å². The predicted octanol–water partition coefficient (Wildman–Crippen LogP) is 5.90. The summed E-state index contributed by atoms with van der Waals surface area (Å²) in [7, 11) is 1.67. The Morgan fingerprint density at radius 1 is 1.25 bits per heavy atom. The van der Waals surface area contributed by atoms with Crippen molar-refractivity contribution in [3.05, 3.63) is 60.7 Å². The maximum absolute atomic E-state index is 12.5. The van der Waals surface area contributed by atoms with E-state index in [9.17, 15) is 4.39 Å². The number of methoxy groups -OCH3 is 1. The van der Waals surface area contributed by atoms with Gasteiger partial charge in [0, 0.05) is 7.11 Å². The third kappa shape index (κ3) is 11.7. The molecule has 0 fully saturated rings. The molecule has 0 aromatic heterocycles. The van der Waals surface area contributed by atoms with Crippen LogP contribution in [0.5, 0.6) is 0 Å². The predicted molar refractivity (Wildman–Crippen MR) is 87.7 cm³/mol. The van der Waals surface area contributed by atoms with E-state index in [0.717, 1.165) is 5.56 Å². The molecule has 0 heterocycles. The highest BCUT2D eigenvalue weighted by Gasteiger charge is 2.07. The molecule has 0 saturated carbocycles. The third-order valence-corrected chi connectivity index (χ3v) is 2.21. The largest absolute Gasteiger partial charge is 0.376 e. The molecule has 0 bridgehead atoms. The molecule has 0 aliphatic carbocycles. The van der Waals surface area contributed by atoms with Gasteiger partial charge in [-0.05, 0) is 25.8 Å². The van der Waals surface area contributed by atoms with Crippen LogP contribution in [0.25, 0.3) is 0 Å². The minimum absolute atomic E-state index is 0.0150. The van der Waals surface area contributed by atoms with Gasteiger partial charge in [0.15, 0.2) is 0 Å². The van der Waals surface area contributed by atoms with Gasteiger partial charge >= 0.3 is 0 Å². The fourth-order valence-corrected chi connectivity index (χ4v) is 1.43. The summed E-state index contributed by atoms with van der Waals surface area (Å²) in [5.41, 5.74) is 1.12. The maximum atomic E-state index is 12.5. The van der Waals surface area contributed by atoms with Crippen molar-refractivity contribution < 1.29 is 9.13 Å². The quantitative estimate of drug-likeness (QED) is 0.610. The lowest BCUT2D eigenvalue weighted by Crippen LogP contribution is -1.99. The average molecular weight is 280 g/mol. The second-order valence-electron chi connectivity index (χ2n) is 3.88. The molecule has 20 heavy (non-hydrogen) atoms. The topological polar surface area (TPSA) is 9.23 Å². The molecular weight excluding hydrogens is 251 g/mol.